The first kappa shape index (κ1) is 34.9. The van der Waals surface area contributed by atoms with Crippen LogP contribution in [0.4, 0.5) is 30.2 Å². The molecule has 11 heteroatoms. The van der Waals surface area contributed by atoms with E-state index in [9.17, 15) is 18.0 Å². The van der Waals surface area contributed by atoms with Crippen molar-refractivity contribution in [1.82, 2.24) is 9.80 Å². The summed E-state index contributed by atoms with van der Waals surface area (Å²) in [4.78, 5) is 23.4. The topological polar surface area (TPSA) is 48.5 Å². The summed E-state index contributed by atoms with van der Waals surface area (Å²) in [5.41, 5.74) is 2.05. The Labute approximate surface area is 290 Å². The summed E-state index contributed by atoms with van der Waals surface area (Å²) in [6.07, 6.45) is -3.57. The summed E-state index contributed by atoms with van der Waals surface area (Å²) in [5.74, 6) is 0.0787. The molecule has 0 bridgehead atoms. The number of alkyl halides is 3. The maximum atomic E-state index is 13.6. The molecule has 260 valence electrons. The van der Waals surface area contributed by atoms with Crippen molar-refractivity contribution >= 4 is 45.6 Å². The summed E-state index contributed by atoms with van der Waals surface area (Å²) in [5, 5.41) is 2.11. The van der Waals surface area contributed by atoms with Crippen LogP contribution in [0.2, 0.25) is 0 Å². The number of anilines is 3. The standard InChI is InChI=1S/C38H43F3N4O3S/c1-27(26-48-34-15-14-31(42(2)3)29-9-4-5-10-30(29)34)37(46)47-24-23-44-21-19-43(20-22-44)17-8-18-45-32-11-6-7-12-35(32)49-36-16-13-28(25-33(36)45)38(39,40)41/h4-7,9-16,25,27H,8,17-24,26H2,1-3H3. The van der Waals surface area contributed by atoms with Gasteiger partial charge in [0.25, 0.3) is 0 Å². The number of benzene rings is 4. The van der Waals surface area contributed by atoms with E-state index in [0.29, 0.717) is 25.4 Å². The van der Waals surface area contributed by atoms with Crippen molar-refractivity contribution in [3.05, 3.63) is 84.4 Å². The smallest absolute Gasteiger partial charge is 0.416 e. The highest BCUT2D eigenvalue weighted by Gasteiger charge is 2.33. The molecule has 7 nitrogen and oxygen atoms in total. The molecule has 4 aromatic rings. The summed E-state index contributed by atoms with van der Waals surface area (Å²) in [6, 6.07) is 24.0. The number of esters is 1. The summed E-state index contributed by atoms with van der Waals surface area (Å²) in [6.45, 7) is 8.06. The molecule has 0 aromatic heterocycles. The highest BCUT2D eigenvalue weighted by Crippen LogP contribution is 2.49. The molecule has 1 fully saturated rings. The van der Waals surface area contributed by atoms with Gasteiger partial charge in [0.2, 0.25) is 0 Å². The molecule has 4 aromatic carbocycles. The number of para-hydroxylation sites is 1. The van der Waals surface area contributed by atoms with E-state index in [-0.39, 0.29) is 12.6 Å². The van der Waals surface area contributed by atoms with Gasteiger partial charge in [0.15, 0.2) is 0 Å². The molecule has 6 rings (SSSR count). The van der Waals surface area contributed by atoms with E-state index in [1.165, 1.54) is 23.9 Å². The highest BCUT2D eigenvalue weighted by atomic mass is 32.2. The van der Waals surface area contributed by atoms with Crippen LogP contribution in [0, 0.1) is 5.92 Å². The Balaban J connectivity index is 0.929. The largest absolute Gasteiger partial charge is 0.492 e. The van der Waals surface area contributed by atoms with Crippen molar-refractivity contribution in [2.24, 2.45) is 5.92 Å². The van der Waals surface area contributed by atoms with Crippen LogP contribution in [0.3, 0.4) is 0 Å². The van der Waals surface area contributed by atoms with Gasteiger partial charge in [-0.1, -0.05) is 48.2 Å². The fraction of sp³-hybridized carbons (Fsp3) is 0.395. The van der Waals surface area contributed by atoms with Crippen LogP contribution in [0.5, 0.6) is 5.75 Å². The minimum atomic E-state index is -4.39. The SMILES string of the molecule is CC(COc1ccc(N(C)C)c2ccccc12)C(=O)OCCN1CCN(CCCN2c3ccccc3Sc3ccc(C(F)(F)F)cc32)CC1. The molecule has 2 aliphatic rings. The van der Waals surface area contributed by atoms with E-state index in [0.717, 1.165) is 76.8 Å². The predicted molar refractivity (Wildman–Crippen MR) is 190 cm³/mol. The zero-order chi connectivity index (χ0) is 34.5. The molecule has 2 aliphatic heterocycles. The number of rotatable bonds is 12. The van der Waals surface area contributed by atoms with Gasteiger partial charge in [-0.05, 0) is 62.4 Å². The van der Waals surface area contributed by atoms with Crippen LogP contribution in [0.1, 0.15) is 18.9 Å². The molecule has 0 N–H and O–H groups in total. The minimum absolute atomic E-state index is 0.236. The third-order valence-electron chi connectivity index (χ3n) is 9.16. The molecular weight excluding hydrogens is 650 g/mol. The molecule has 1 saturated heterocycles. The fourth-order valence-electron chi connectivity index (χ4n) is 6.41. The first-order valence-corrected chi connectivity index (χ1v) is 17.6. The maximum absolute atomic E-state index is 13.6. The number of nitrogens with zero attached hydrogens (tertiary/aromatic N) is 4. The lowest BCUT2D eigenvalue weighted by molar-refractivity contribution is -0.149. The lowest BCUT2D eigenvalue weighted by Crippen LogP contribution is -2.47. The van der Waals surface area contributed by atoms with Gasteiger partial charge < -0.3 is 24.2 Å². The Kier molecular flexibility index (Phi) is 10.9. The van der Waals surface area contributed by atoms with Crippen molar-refractivity contribution in [3.63, 3.8) is 0 Å². The molecule has 0 saturated carbocycles. The van der Waals surface area contributed by atoms with E-state index < -0.39 is 17.7 Å². The third kappa shape index (κ3) is 8.28. The summed E-state index contributed by atoms with van der Waals surface area (Å²) >= 11 is 1.52. The lowest BCUT2D eigenvalue weighted by Gasteiger charge is -2.36. The van der Waals surface area contributed by atoms with Gasteiger partial charge in [-0.25, -0.2) is 0 Å². The predicted octanol–water partition coefficient (Wildman–Crippen LogP) is 7.79. The Morgan fingerprint density at radius 3 is 2.24 bits per heavy atom. The number of ether oxygens (including phenoxy) is 2. The fourth-order valence-corrected chi connectivity index (χ4v) is 7.48. The molecule has 0 radical (unpaired) electrons. The van der Waals surface area contributed by atoms with Gasteiger partial charge in [0, 0.05) is 79.6 Å². The van der Waals surface area contributed by atoms with Gasteiger partial charge in [-0.15, -0.1) is 0 Å². The van der Waals surface area contributed by atoms with Crippen LogP contribution in [0.15, 0.2) is 88.7 Å². The Morgan fingerprint density at radius 1 is 0.837 bits per heavy atom. The number of carbonyl (C=O) groups excluding carboxylic acids is 1. The van der Waals surface area contributed by atoms with Gasteiger partial charge in [-0.3, -0.25) is 9.69 Å². The van der Waals surface area contributed by atoms with Crippen molar-refractivity contribution < 1.29 is 27.4 Å². The normalized spacial score (nSPS) is 15.8. The monoisotopic (exact) mass is 692 g/mol. The number of halogens is 3. The van der Waals surface area contributed by atoms with Gasteiger partial charge in [0.05, 0.1) is 22.9 Å². The second kappa shape index (κ2) is 15.3. The van der Waals surface area contributed by atoms with E-state index in [4.69, 9.17) is 9.47 Å². The van der Waals surface area contributed by atoms with E-state index >= 15 is 0 Å². The summed E-state index contributed by atoms with van der Waals surface area (Å²) in [7, 11) is 4.03. The van der Waals surface area contributed by atoms with Crippen molar-refractivity contribution in [2.45, 2.75) is 29.3 Å². The molecule has 1 atom stereocenters. The molecule has 1 unspecified atom stereocenters. The van der Waals surface area contributed by atoms with E-state index in [1.54, 1.807) is 6.07 Å². The van der Waals surface area contributed by atoms with Crippen LogP contribution in [-0.2, 0) is 15.7 Å². The zero-order valence-corrected chi connectivity index (χ0v) is 29.0. The minimum Gasteiger partial charge on any atom is -0.492 e. The number of hydrogen-bond donors (Lipinski definition) is 0. The molecule has 0 amide bonds. The first-order chi connectivity index (χ1) is 23.6. The molecule has 0 aliphatic carbocycles. The van der Waals surface area contributed by atoms with Gasteiger partial charge >= 0.3 is 12.1 Å². The number of carbonyl (C=O) groups is 1. The van der Waals surface area contributed by atoms with Gasteiger partial charge in [0.1, 0.15) is 19.0 Å². The van der Waals surface area contributed by atoms with E-state index in [1.807, 2.05) is 80.5 Å². The van der Waals surface area contributed by atoms with Crippen molar-refractivity contribution in [1.29, 1.82) is 0 Å². The number of piperazine rings is 1. The van der Waals surface area contributed by atoms with E-state index in [2.05, 4.69) is 20.8 Å². The average molecular weight is 693 g/mol. The Hall–Kier alpha value is -3.93. The summed E-state index contributed by atoms with van der Waals surface area (Å²) < 4.78 is 52.4. The maximum Gasteiger partial charge on any atom is 0.416 e. The molecule has 49 heavy (non-hydrogen) atoms. The van der Waals surface area contributed by atoms with Crippen LogP contribution >= 0.6 is 11.8 Å². The van der Waals surface area contributed by atoms with Crippen LogP contribution in [0.25, 0.3) is 10.8 Å². The van der Waals surface area contributed by atoms with Crippen molar-refractivity contribution in [3.8, 4) is 5.75 Å². The molecular formula is C38H43F3N4O3S. The van der Waals surface area contributed by atoms with Crippen LogP contribution < -0.4 is 14.5 Å². The number of hydrogen-bond acceptors (Lipinski definition) is 8. The van der Waals surface area contributed by atoms with Gasteiger partial charge in [-0.2, -0.15) is 13.2 Å². The zero-order valence-electron chi connectivity index (χ0n) is 28.2. The Bertz CT molecular complexity index is 1760. The second-order valence-electron chi connectivity index (χ2n) is 12.8. The third-order valence-corrected chi connectivity index (χ3v) is 10.3. The van der Waals surface area contributed by atoms with Crippen molar-refractivity contribution in [2.75, 3.05) is 82.9 Å². The first-order valence-electron chi connectivity index (χ1n) is 16.8. The average Bonchev–Trinajstić information content (AvgIpc) is 3.10. The lowest BCUT2D eigenvalue weighted by atomic mass is 10.1. The molecule has 2 heterocycles. The second-order valence-corrected chi connectivity index (χ2v) is 13.9. The van der Waals surface area contributed by atoms with Crippen LogP contribution in [-0.4, -0.2) is 88.9 Å². The Morgan fingerprint density at radius 2 is 1.51 bits per heavy atom. The molecule has 0 spiro atoms. The highest BCUT2D eigenvalue weighted by molar-refractivity contribution is 7.99. The quantitative estimate of drug-likeness (QED) is 0.140. The number of fused-ring (bicyclic) bond motifs is 3.